The van der Waals surface area contributed by atoms with Crippen LogP contribution in [0.3, 0.4) is 0 Å². The van der Waals surface area contributed by atoms with E-state index in [1.807, 2.05) is 221 Å². The Morgan fingerprint density at radius 3 is 1.27 bits per heavy atom. The number of carbonyl (C=O) groups excluding carboxylic acids is 5. The summed E-state index contributed by atoms with van der Waals surface area (Å²) in [5.41, 5.74) is 12.6. The van der Waals surface area contributed by atoms with Gasteiger partial charge in [-0.2, -0.15) is 11.3 Å². The van der Waals surface area contributed by atoms with E-state index in [0.717, 1.165) is 49.9 Å². The molecule has 0 saturated carbocycles. The van der Waals surface area contributed by atoms with Gasteiger partial charge in [-0.1, -0.05) is 145 Å². The Morgan fingerprint density at radius 2 is 0.800 bits per heavy atom. The molecule has 0 saturated heterocycles. The number of halogens is 1. The van der Waals surface area contributed by atoms with Gasteiger partial charge in [-0.15, -0.1) is 11.3 Å². The van der Waals surface area contributed by atoms with E-state index in [1.54, 1.807) is 85.4 Å². The summed E-state index contributed by atoms with van der Waals surface area (Å²) in [4.78, 5) is 59.5. The molecule has 13 heteroatoms. The molecule has 2 aromatic heterocycles. The number of allylic oxidation sites excluding steroid dienone is 5. The molecule has 10 rings (SSSR count). The molecule has 0 spiro atoms. The molecule has 4 N–H and O–H groups in total. The average Bonchev–Trinajstić information content (AvgIpc) is 4.43. The highest BCUT2D eigenvalue weighted by molar-refractivity contribution is 7.12. The van der Waals surface area contributed by atoms with E-state index < -0.39 is 0 Å². The number of aryl methyl sites for hydroxylation is 6. The minimum absolute atomic E-state index is 0.00357. The molecule has 0 aliphatic rings. The maximum Gasteiger partial charge on any atom is 0.197 e. The predicted molar refractivity (Wildman–Crippen MR) is 371 cm³/mol. The van der Waals surface area contributed by atoms with Crippen LogP contribution in [0.4, 0.5) is 27.1 Å². The summed E-state index contributed by atoms with van der Waals surface area (Å²) in [5, 5.41) is 17.7. The van der Waals surface area contributed by atoms with Crippen LogP contribution in [-0.4, -0.2) is 28.9 Å². The molecule has 2 heterocycles. The maximum atomic E-state index is 13.5. The van der Waals surface area contributed by atoms with Crippen LogP contribution in [0.5, 0.6) is 5.75 Å². The zero-order chi connectivity index (χ0) is 64.3. The molecule has 8 aromatic carbocycles. The van der Waals surface area contributed by atoms with Crippen LogP contribution < -0.4 is 26.0 Å². The summed E-state index contributed by atoms with van der Waals surface area (Å²) in [5.74, 6) is 0.253. The van der Waals surface area contributed by atoms with Crippen LogP contribution in [-0.2, 0) is 0 Å². The number of benzene rings is 8. The van der Waals surface area contributed by atoms with Crippen molar-refractivity contribution in [3.05, 3.63) is 362 Å². The second kappa shape index (κ2) is 37.6. The minimum atomic E-state index is -0.336. The number of ketones is 5. The van der Waals surface area contributed by atoms with Crippen LogP contribution in [0, 0.1) is 47.4 Å². The molecule has 0 aliphatic carbocycles. The second-order valence-electron chi connectivity index (χ2n) is 20.2. The lowest BCUT2D eigenvalue weighted by atomic mass is 10.1. The Bertz CT molecular complexity index is 3960. The third kappa shape index (κ3) is 25.6. The molecule has 0 amide bonds. The first-order valence-electron chi connectivity index (χ1n) is 28.6. The fourth-order valence-corrected chi connectivity index (χ4v) is 9.24. The Balaban J connectivity index is 0.000000179. The van der Waals surface area contributed by atoms with E-state index in [4.69, 9.17) is 4.74 Å². The van der Waals surface area contributed by atoms with Crippen molar-refractivity contribution in [1.82, 2.24) is 0 Å². The maximum absolute atomic E-state index is 13.5. The number of rotatable bonds is 20. The molecule has 90 heavy (non-hydrogen) atoms. The summed E-state index contributed by atoms with van der Waals surface area (Å²) < 4.78 is 18.9. The predicted octanol–water partition coefficient (Wildman–Crippen LogP) is 19.6. The molecule has 0 bridgehead atoms. The normalized spacial score (nSPS) is 10.6. The molecular formula is C77H71FN4O6S2. The molecule has 0 aliphatic heterocycles. The highest BCUT2D eigenvalue weighted by Gasteiger charge is 2.06. The standard InChI is InChI=1S/C17H17NO.C16H14FNO.C16H14O2.2C14H13NOS/c1-13-5-3-7-15(11-13)17(19)9-10-18-16-8-4-6-14(2)12-16;1-12-7-8-15(14(17)11-12)18-10-9-16(19)13-5-3-2-4-6-13;1-13-6-5-9-15(12-13)18-11-10-16(17)14-7-3-2-4-8-14;1-11-4-2-5-12(10-11)15-8-7-13(16)14-6-3-9-17-14;1-11-3-2-4-13(9-11)15-7-5-14(16)12-6-8-17-10-12/h3-12,18H,1-2H3;2-11,18H,1H3;2-12H,1H3;2*2-10,15H,1H3/b2*10-9-;11-10+;8-7-;7-5-. The van der Waals surface area contributed by atoms with Crippen molar-refractivity contribution < 1.29 is 33.1 Å². The molecule has 10 nitrogen and oxygen atoms in total. The first kappa shape index (κ1) is 68.3. The SMILES string of the molecule is Cc1ccc(N/C=C\C(=O)c2ccccc2)c(F)c1.Cc1cccc(N/C=C\C(=O)c2cccc(C)c2)c1.Cc1cccc(N/C=C\C(=O)c2cccs2)c1.Cc1cccc(N/C=C\C(=O)c2ccsc2)c1.Cc1cccc(O/C=C/C(=O)c2ccccc2)c1. The average molecular weight is 1230 g/mol. The number of carbonyl (C=O) groups is 5. The van der Waals surface area contributed by atoms with Gasteiger partial charge in [0.2, 0.25) is 0 Å². The van der Waals surface area contributed by atoms with Crippen molar-refractivity contribution >= 4 is 74.3 Å². The van der Waals surface area contributed by atoms with Gasteiger partial charge in [0, 0.05) is 99.9 Å². The van der Waals surface area contributed by atoms with E-state index >= 15 is 0 Å². The van der Waals surface area contributed by atoms with Gasteiger partial charge in [0.05, 0.1) is 16.8 Å². The Labute approximate surface area is 535 Å². The van der Waals surface area contributed by atoms with E-state index in [2.05, 4.69) is 21.3 Å². The van der Waals surface area contributed by atoms with Gasteiger partial charge < -0.3 is 26.0 Å². The lowest BCUT2D eigenvalue weighted by Crippen LogP contribution is -1.97. The number of nitrogens with one attached hydrogen (secondary N) is 4. The van der Waals surface area contributed by atoms with E-state index in [-0.39, 0.29) is 34.7 Å². The fraction of sp³-hybridized carbons (Fsp3) is 0.0779. The van der Waals surface area contributed by atoms with E-state index in [9.17, 15) is 28.4 Å². The van der Waals surface area contributed by atoms with Gasteiger partial charge in [0.1, 0.15) is 11.6 Å². The minimum Gasteiger partial charge on any atom is -0.465 e. The van der Waals surface area contributed by atoms with Crippen LogP contribution in [0.1, 0.15) is 84.5 Å². The summed E-state index contributed by atoms with van der Waals surface area (Å²) in [6, 6.07) is 67.7. The summed E-state index contributed by atoms with van der Waals surface area (Å²) >= 11 is 2.98. The van der Waals surface area contributed by atoms with Crippen LogP contribution in [0.2, 0.25) is 0 Å². The fourth-order valence-electron chi connectivity index (χ4n) is 7.95. The van der Waals surface area contributed by atoms with Crippen molar-refractivity contribution in [3.63, 3.8) is 0 Å². The summed E-state index contributed by atoms with van der Waals surface area (Å²) in [7, 11) is 0. The molecule has 0 fully saturated rings. The first-order chi connectivity index (χ1) is 43.6. The number of hydrogen-bond donors (Lipinski definition) is 4. The Kier molecular flexibility index (Phi) is 28.5. The lowest BCUT2D eigenvalue weighted by Gasteiger charge is -2.03. The van der Waals surface area contributed by atoms with Gasteiger partial charge in [0.25, 0.3) is 0 Å². The topological polar surface area (TPSA) is 143 Å². The molecule has 454 valence electrons. The highest BCUT2D eigenvalue weighted by atomic mass is 32.1. The van der Waals surface area contributed by atoms with Gasteiger partial charge in [-0.25, -0.2) is 4.39 Å². The number of ether oxygens (including phenoxy) is 1. The van der Waals surface area contributed by atoms with E-state index in [0.29, 0.717) is 22.4 Å². The molecule has 0 unspecified atom stereocenters. The number of anilines is 4. The van der Waals surface area contributed by atoms with E-state index in [1.165, 1.54) is 70.0 Å². The Morgan fingerprint density at radius 1 is 0.367 bits per heavy atom. The van der Waals surface area contributed by atoms with Crippen molar-refractivity contribution in [2.24, 2.45) is 0 Å². The monoisotopic (exact) mass is 1230 g/mol. The lowest BCUT2D eigenvalue weighted by molar-refractivity contribution is 0.103. The highest BCUT2D eigenvalue weighted by Crippen LogP contribution is 2.18. The third-order valence-corrected chi connectivity index (χ3v) is 14.1. The van der Waals surface area contributed by atoms with Crippen LogP contribution in [0.15, 0.2) is 296 Å². The molecule has 0 atom stereocenters. The molecular weight excluding hydrogens is 1160 g/mol. The van der Waals surface area contributed by atoms with Gasteiger partial charge in [-0.05, 0) is 159 Å². The van der Waals surface area contributed by atoms with Gasteiger partial charge in [0.15, 0.2) is 28.9 Å². The zero-order valence-corrected chi connectivity index (χ0v) is 52.6. The van der Waals surface area contributed by atoms with Crippen LogP contribution >= 0.6 is 22.7 Å². The third-order valence-electron chi connectivity index (χ3n) is 12.5. The summed E-state index contributed by atoms with van der Waals surface area (Å²) in [6.45, 7) is 11.9. The van der Waals surface area contributed by atoms with Crippen molar-refractivity contribution in [2.75, 3.05) is 21.3 Å². The first-order valence-corrected chi connectivity index (χ1v) is 30.4. The molecule has 0 radical (unpaired) electrons. The number of hydrogen-bond acceptors (Lipinski definition) is 12. The second-order valence-corrected chi connectivity index (χ2v) is 21.9. The van der Waals surface area contributed by atoms with Crippen LogP contribution in [0.25, 0.3) is 0 Å². The smallest absolute Gasteiger partial charge is 0.197 e. The largest absolute Gasteiger partial charge is 0.465 e. The Hall–Kier alpha value is -10.9. The van der Waals surface area contributed by atoms with Gasteiger partial charge in [-0.3, -0.25) is 24.0 Å². The van der Waals surface area contributed by atoms with Crippen molar-refractivity contribution in [2.45, 2.75) is 41.5 Å². The summed E-state index contributed by atoms with van der Waals surface area (Å²) in [6.07, 6.45) is 15.4. The van der Waals surface area contributed by atoms with Gasteiger partial charge >= 0.3 is 0 Å². The molecule has 10 aromatic rings. The van der Waals surface area contributed by atoms with Crippen molar-refractivity contribution in [1.29, 1.82) is 0 Å². The quantitative estimate of drug-likeness (QED) is 0.0331. The zero-order valence-electron chi connectivity index (χ0n) is 50.9. The number of thiophene rings is 2. The van der Waals surface area contributed by atoms with Crippen molar-refractivity contribution in [3.8, 4) is 5.75 Å².